The SMILES string of the molecule is CCC[As](CCC)c1ccc(C)cc1. The van der Waals surface area contributed by atoms with E-state index in [0.717, 1.165) is 0 Å². The number of benzene rings is 1. The molecule has 1 aromatic rings. The van der Waals surface area contributed by atoms with Gasteiger partial charge < -0.3 is 0 Å². The van der Waals surface area contributed by atoms with Crippen LogP contribution in [-0.4, -0.2) is 14.7 Å². The monoisotopic (exact) mass is 252 g/mol. The Morgan fingerprint density at radius 3 is 1.86 bits per heavy atom. The maximum absolute atomic E-state index is 2.36. The summed E-state index contributed by atoms with van der Waals surface area (Å²) in [5.41, 5.74) is 1.38. The van der Waals surface area contributed by atoms with Crippen LogP contribution in [0.2, 0.25) is 10.4 Å². The Morgan fingerprint density at radius 1 is 0.929 bits per heavy atom. The zero-order valence-corrected chi connectivity index (χ0v) is 11.5. The Balaban J connectivity index is 2.71. The second-order valence-electron chi connectivity index (χ2n) is 3.82. The molecule has 0 bridgehead atoms. The van der Waals surface area contributed by atoms with E-state index in [0.29, 0.717) is 0 Å². The van der Waals surface area contributed by atoms with E-state index in [1.165, 1.54) is 28.8 Å². The van der Waals surface area contributed by atoms with Crippen molar-refractivity contribution in [1.29, 1.82) is 0 Å². The molecule has 1 aromatic carbocycles. The molecule has 1 rings (SSSR count). The van der Waals surface area contributed by atoms with Gasteiger partial charge in [-0.15, -0.1) is 0 Å². The van der Waals surface area contributed by atoms with Crippen LogP contribution in [0, 0.1) is 6.92 Å². The van der Waals surface area contributed by atoms with Gasteiger partial charge in [0.2, 0.25) is 0 Å². The van der Waals surface area contributed by atoms with Crippen molar-refractivity contribution in [3.8, 4) is 0 Å². The molecule has 0 nitrogen and oxygen atoms in total. The summed E-state index contributed by atoms with van der Waals surface area (Å²) in [4.78, 5) is 0. The fourth-order valence-corrected chi connectivity index (χ4v) is 6.68. The van der Waals surface area contributed by atoms with Crippen LogP contribution in [-0.2, 0) is 0 Å². The van der Waals surface area contributed by atoms with E-state index in [1.54, 1.807) is 4.35 Å². The fourth-order valence-electron chi connectivity index (χ4n) is 1.67. The first kappa shape index (κ1) is 11.9. The average Bonchev–Trinajstić information content (AvgIpc) is 2.19. The van der Waals surface area contributed by atoms with E-state index in [4.69, 9.17) is 0 Å². The summed E-state index contributed by atoms with van der Waals surface area (Å²) in [5, 5.41) is 2.95. The molecule has 0 aliphatic rings. The molecule has 0 spiro atoms. The molecule has 0 heterocycles. The van der Waals surface area contributed by atoms with E-state index in [-0.39, 0.29) is 0 Å². The fraction of sp³-hybridized carbons (Fsp3) is 0.538. The molecule has 78 valence electrons. The van der Waals surface area contributed by atoms with Gasteiger partial charge in [0.05, 0.1) is 0 Å². The number of aryl methyl sites for hydroxylation is 1. The van der Waals surface area contributed by atoms with Crippen LogP contribution in [0.1, 0.15) is 32.3 Å². The molecule has 0 aliphatic heterocycles. The van der Waals surface area contributed by atoms with Crippen LogP contribution in [0.25, 0.3) is 0 Å². The van der Waals surface area contributed by atoms with Gasteiger partial charge in [0.25, 0.3) is 0 Å². The molecule has 0 unspecified atom stereocenters. The Kier molecular flexibility index (Phi) is 5.33. The van der Waals surface area contributed by atoms with Gasteiger partial charge in [0.1, 0.15) is 0 Å². The van der Waals surface area contributed by atoms with Gasteiger partial charge in [-0.3, -0.25) is 0 Å². The average molecular weight is 252 g/mol. The Bertz CT molecular complexity index is 244. The Labute approximate surface area is 93.0 Å². The second kappa shape index (κ2) is 6.30. The van der Waals surface area contributed by atoms with Crippen molar-refractivity contribution in [3.63, 3.8) is 0 Å². The quantitative estimate of drug-likeness (QED) is 0.703. The predicted octanol–water partition coefficient (Wildman–Crippen LogP) is 3.52. The summed E-state index contributed by atoms with van der Waals surface area (Å²) in [6, 6.07) is 9.26. The van der Waals surface area contributed by atoms with Crippen LogP contribution in [0.15, 0.2) is 24.3 Å². The molecule has 1 heteroatoms. The van der Waals surface area contributed by atoms with Crippen molar-refractivity contribution >= 4 is 19.0 Å². The van der Waals surface area contributed by atoms with Gasteiger partial charge in [-0.1, -0.05) is 0 Å². The molecule has 0 saturated carbocycles. The molecule has 0 amide bonds. The van der Waals surface area contributed by atoms with Gasteiger partial charge in [0, 0.05) is 0 Å². The van der Waals surface area contributed by atoms with Gasteiger partial charge >= 0.3 is 92.9 Å². The first-order valence-electron chi connectivity index (χ1n) is 5.59. The van der Waals surface area contributed by atoms with Crippen molar-refractivity contribution in [3.05, 3.63) is 29.8 Å². The van der Waals surface area contributed by atoms with Crippen molar-refractivity contribution in [1.82, 2.24) is 0 Å². The second-order valence-corrected chi connectivity index (χ2v) is 9.05. The van der Waals surface area contributed by atoms with E-state index in [9.17, 15) is 0 Å². The maximum atomic E-state index is 2.36. The molecule has 14 heavy (non-hydrogen) atoms. The first-order chi connectivity index (χ1) is 6.77. The van der Waals surface area contributed by atoms with Gasteiger partial charge in [-0.25, -0.2) is 0 Å². The molecule has 0 aromatic heterocycles. The zero-order chi connectivity index (χ0) is 10.4. The van der Waals surface area contributed by atoms with Gasteiger partial charge in [-0.2, -0.15) is 0 Å². The third-order valence-corrected chi connectivity index (χ3v) is 8.69. The molecule has 0 atom stereocenters. The molecular formula is C13H21As. The third-order valence-electron chi connectivity index (χ3n) is 2.39. The summed E-state index contributed by atoms with van der Waals surface area (Å²) in [6.45, 7) is 6.79. The topological polar surface area (TPSA) is 0 Å². The summed E-state index contributed by atoms with van der Waals surface area (Å²) in [5.74, 6) is 0. The van der Waals surface area contributed by atoms with E-state index in [2.05, 4.69) is 45.0 Å². The molecule has 0 aliphatic carbocycles. The number of rotatable bonds is 5. The molecule has 0 fully saturated rings. The van der Waals surface area contributed by atoms with E-state index >= 15 is 0 Å². The normalized spacial score (nSPS) is 10.9. The van der Waals surface area contributed by atoms with Gasteiger partial charge in [0.15, 0.2) is 0 Å². The van der Waals surface area contributed by atoms with Crippen molar-refractivity contribution < 1.29 is 0 Å². The van der Waals surface area contributed by atoms with Crippen LogP contribution in [0.4, 0.5) is 0 Å². The first-order valence-corrected chi connectivity index (χ1v) is 9.18. The minimum atomic E-state index is -0.682. The Hall–Kier alpha value is -0.222. The minimum absolute atomic E-state index is 0.682. The van der Waals surface area contributed by atoms with Crippen LogP contribution >= 0.6 is 0 Å². The van der Waals surface area contributed by atoms with Crippen LogP contribution in [0.5, 0.6) is 0 Å². The van der Waals surface area contributed by atoms with E-state index in [1.807, 2.05) is 0 Å². The van der Waals surface area contributed by atoms with E-state index < -0.39 is 14.7 Å². The van der Waals surface area contributed by atoms with Crippen LogP contribution < -0.4 is 4.35 Å². The standard InChI is InChI=1S/C13H21As/c1-4-10-14(11-5-2)13-8-6-12(3)7-9-13/h6-9H,4-5,10-11H2,1-3H3. The molecule has 0 saturated heterocycles. The summed E-state index contributed by atoms with van der Waals surface area (Å²) >= 11 is -0.682. The van der Waals surface area contributed by atoms with Crippen LogP contribution in [0.3, 0.4) is 0 Å². The molecule has 0 radical (unpaired) electrons. The summed E-state index contributed by atoms with van der Waals surface area (Å²) in [7, 11) is 0. The van der Waals surface area contributed by atoms with Crippen molar-refractivity contribution in [2.75, 3.05) is 0 Å². The summed E-state index contributed by atoms with van der Waals surface area (Å²) < 4.78 is 1.67. The van der Waals surface area contributed by atoms with Gasteiger partial charge in [-0.05, 0) is 0 Å². The zero-order valence-electron chi connectivity index (χ0n) is 9.59. The van der Waals surface area contributed by atoms with Crippen molar-refractivity contribution in [2.45, 2.75) is 44.0 Å². The number of hydrogen-bond donors (Lipinski definition) is 0. The summed E-state index contributed by atoms with van der Waals surface area (Å²) in [6.07, 6.45) is 2.71. The Morgan fingerprint density at radius 2 is 1.43 bits per heavy atom. The molecule has 0 N–H and O–H groups in total. The predicted molar refractivity (Wildman–Crippen MR) is 66.8 cm³/mol. The van der Waals surface area contributed by atoms with Crippen molar-refractivity contribution in [2.24, 2.45) is 0 Å². The molecular weight excluding hydrogens is 231 g/mol. The number of hydrogen-bond acceptors (Lipinski definition) is 0. The third kappa shape index (κ3) is 3.50.